The van der Waals surface area contributed by atoms with Gasteiger partial charge < -0.3 is 0 Å². The summed E-state index contributed by atoms with van der Waals surface area (Å²) in [6.45, 7) is 0. The largest absolute Gasteiger partial charge is 0.271 e. The van der Waals surface area contributed by atoms with Crippen LogP contribution >= 0.6 is 39.1 Å². The van der Waals surface area contributed by atoms with Crippen LogP contribution in [0.15, 0.2) is 46.9 Å². The maximum atomic E-state index is 6.19. The van der Waals surface area contributed by atoms with E-state index in [0.717, 1.165) is 22.9 Å². The summed E-state index contributed by atoms with van der Waals surface area (Å²) in [7, 11) is 0. The van der Waals surface area contributed by atoms with Crippen LogP contribution in [0.4, 0.5) is 0 Å². The quantitative estimate of drug-likeness (QED) is 0.603. The molecule has 0 amide bonds. The molecule has 0 bridgehead atoms. The second-order valence-corrected chi connectivity index (χ2v) is 6.40. The zero-order valence-electron chi connectivity index (χ0n) is 10.7. The first-order valence-electron chi connectivity index (χ1n) is 6.23. The van der Waals surface area contributed by atoms with Gasteiger partial charge in [-0.05, 0) is 54.3 Å². The Hall–Kier alpha value is -0.580. The van der Waals surface area contributed by atoms with E-state index >= 15 is 0 Å². The van der Waals surface area contributed by atoms with Gasteiger partial charge in [0.2, 0.25) is 0 Å². The third kappa shape index (κ3) is 4.47. The van der Waals surface area contributed by atoms with E-state index in [4.69, 9.17) is 29.0 Å². The zero-order chi connectivity index (χ0) is 14.5. The highest BCUT2D eigenvalue weighted by molar-refractivity contribution is 9.10. The lowest BCUT2D eigenvalue weighted by atomic mass is 9.99. The molecule has 0 saturated carbocycles. The van der Waals surface area contributed by atoms with Crippen molar-refractivity contribution < 1.29 is 0 Å². The van der Waals surface area contributed by atoms with Crippen molar-refractivity contribution in [2.75, 3.05) is 0 Å². The van der Waals surface area contributed by atoms with Crippen molar-refractivity contribution in [1.82, 2.24) is 5.43 Å². The molecule has 0 aromatic heterocycles. The van der Waals surface area contributed by atoms with Crippen LogP contribution in [-0.4, -0.2) is 6.04 Å². The summed E-state index contributed by atoms with van der Waals surface area (Å²) >= 11 is 15.7. The van der Waals surface area contributed by atoms with Crippen molar-refractivity contribution in [3.8, 4) is 0 Å². The lowest BCUT2D eigenvalue weighted by Gasteiger charge is -2.17. The number of nitrogens with two attached hydrogens (primary N) is 1. The Bertz CT molecular complexity index is 590. The highest BCUT2D eigenvalue weighted by atomic mass is 79.9. The number of hydrogen-bond acceptors (Lipinski definition) is 2. The van der Waals surface area contributed by atoms with Gasteiger partial charge in [0.1, 0.15) is 0 Å². The Morgan fingerprint density at radius 2 is 1.90 bits per heavy atom. The standard InChI is InChI=1S/C15H15BrCl2N2/c16-12-3-1-2-10(6-12)7-14(20-19)9-11-8-13(17)4-5-15(11)18/h1-6,8,14,20H,7,9,19H2. The summed E-state index contributed by atoms with van der Waals surface area (Å²) < 4.78 is 1.06. The number of hydrazine groups is 1. The lowest BCUT2D eigenvalue weighted by molar-refractivity contribution is 0.522. The summed E-state index contributed by atoms with van der Waals surface area (Å²) in [6, 6.07) is 13.8. The summed E-state index contributed by atoms with van der Waals surface area (Å²) in [6.07, 6.45) is 1.54. The minimum Gasteiger partial charge on any atom is -0.271 e. The molecule has 0 heterocycles. The Labute approximate surface area is 137 Å². The van der Waals surface area contributed by atoms with Gasteiger partial charge in [-0.3, -0.25) is 11.3 Å². The SMILES string of the molecule is NNC(Cc1cccc(Br)c1)Cc1cc(Cl)ccc1Cl. The molecule has 0 aliphatic rings. The second-order valence-electron chi connectivity index (χ2n) is 4.64. The zero-order valence-corrected chi connectivity index (χ0v) is 13.8. The minimum atomic E-state index is 0.0975. The molecule has 2 aromatic rings. The van der Waals surface area contributed by atoms with E-state index in [1.54, 1.807) is 6.07 Å². The molecule has 5 heteroatoms. The topological polar surface area (TPSA) is 38.0 Å². The molecule has 0 fully saturated rings. The van der Waals surface area contributed by atoms with E-state index in [9.17, 15) is 0 Å². The summed E-state index contributed by atoms with van der Waals surface area (Å²) in [4.78, 5) is 0. The molecule has 0 radical (unpaired) electrons. The van der Waals surface area contributed by atoms with Gasteiger partial charge in [-0.25, -0.2) is 0 Å². The first-order chi connectivity index (χ1) is 9.58. The van der Waals surface area contributed by atoms with Crippen molar-refractivity contribution in [3.63, 3.8) is 0 Å². The summed E-state index contributed by atoms with van der Waals surface area (Å²) in [5.41, 5.74) is 5.05. The minimum absolute atomic E-state index is 0.0975. The molecule has 3 N–H and O–H groups in total. The Morgan fingerprint density at radius 3 is 2.60 bits per heavy atom. The van der Waals surface area contributed by atoms with Crippen molar-refractivity contribution >= 4 is 39.1 Å². The van der Waals surface area contributed by atoms with Crippen molar-refractivity contribution in [2.24, 2.45) is 5.84 Å². The van der Waals surface area contributed by atoms with Crippen LogP contribution in [0, 0.1) is 0 Å². The van der Waals surface area contributed by atoms with Gasteiger partial charge in [-0.15, -0.1) is 0 Å². The fourth-order valence-corrected chi connectivity index (χ4v) is 2.94. The molecule has 2 aromatic carbocycles. The predicted octanol–water partition coefficient (Wildman–Crippen LogP) is 4.37. The van der Waals surface area contributed by atoms with E-state index in [-0.39, 0.29) is 6.04 Å². The molecule has 0 aliphatic carbocycles. The first-order valence-corrected chi connectivity index (χ1v) is 7.78. The van der Waals surface area contributed by atoms with Crippen LogP contribution in [0.1, 0.15) is 11.1 Å². The number of benzene rings is 2. The molecule has 106 valence electrons. The number of halogens is 3. The van der Waals surface area contributed by atoms with Gasteiger partial charge in [0.05, 0.1) is 0 Å². The second kappa shape index (κ2) is 7.43. The van der Waals surface area contributed by atoms with Gasteiger partial charge in [-0.1, -0.05) is 51.3 Å². The van der Waals surface area contributed by atoms with Crippen molar-refractivity contribution in [3.05, 3.63) is 68.1 Å². The Balaban J connectivity index is 2.11. The molecule has 0 aliphatic heterocycles. The maximum absolute atomic E-state index is 6.19. The first kappa shape index (κ1) is 15.8. The van der Waals surface area contributed by atoms with Crippen LogP contribution in [0.25, 0.3) is 0 Å². The molecular formula is C15H15BrCl2N2. The maximum Gasteiger partial charge on any atom is 0.0439 e. The Morgan fingerprint density at radius 1 is 1.10 bits per heavy atom. The monoisotopic (exact) mass is 372 g/mol. The third-order valence-corrected chi connectivity index (χ3v) is 4.18. The highest BCUT2D eigenvalue weighted by Crippen LogP contribution is 2.23. The van der Waals surface area contributed by atoms with Gasteiger partial charge >= 0.3 is 0 Å². The van der Waals surface area contributed by atoms with Gasteiger partial charge in [-0.2, -0.15) is 0 Å². The normalized spacial score (nSPS) is 12.4. The third-order valence-electron chi connectivity index (χ3n) is 3.08. The van der Waals surface area contributed by atoms with E-state index in [1.807, 2.05) is 24.3 Å². The van der Waals surface area contributed by atoms with Crippen LogP contribution in [0.5, 0.6) is 0 Å². The predicted molar refractivity (Wildman–Crippen MR) is 89.1 cm³/mol. The fourth-order valence-electron chi connectivity index (χ4n) is 2.10. The van der Waals surface area contributed by atoms with Gasteiger partial charge in [0.15, 0.2) is 0 Å². The smallest absolute Gasteiger partial charge is 0.0439 e. The van der Waals surface area contributed by atoms with E-state index in [0.29, 0.717) is 10.0 Å². The molecular weight excluding hydrogens is 359 g/mol. The number of rotatable bonds is 5. The summed E-state index contributed by atoms with van der Waals surface area (Å²) in [5.74, 6) is 5.66. The molecule has 20 heavy (non-hydrogen) atoms. The fraction of sp³-hybridized carbons (Fsp3) is 0.200. The molecule has 0 saturated heterocycles. The van der Waals surface area contributed by atoms with Crippen LogP contribution in [0.3, 0.4) is 0 Å². The number of hydrogen-bond donors (Lipinski definition) is 2. The average molecular weight is 374 g/mol. The molecule has 1 unspecified atom stereocenters. The van der Waals surface area contributed by atoms with E-state index in [1.165, 1.54) is 5.56 Å². The number of nitrogens with one attached hydrogen (secondary N) is 1. The van der Waals surface area contributed by atoms with Crippen LogP contribution in [0.2, 0.25) is 10.0 Å². The van der Waals surface area contributed by atoms with Crippen molar-refractivity contribution in [1.29, 1.82) is 0 Å². The van der Waals surface area contributed by atoms with Gasteiger partial charge in [0, 0.05) is 20.6 Å². The average Bonchev–Trinajstić information content (AvgIpc) is 2.42. The molecule has 2 nitrogen and oxygen atoms in total. The molecule has 1 atom stereocenters. The van der Waals surface area contributed by atoms with E-state index < -0.39 is 0 Å². The highest BCUT2D eigenvalue weighted by Gasteiger charge is 2.12. The Kier molecular flexibility index (Phi) is 5.87. The van der Waals surface area contributed by atoms with E-state index in [2.05, 4.69) is 33.5 Å². The van der Waals surface area contributed by atoms with Crippen LogP contribution < -0.4 is 11.3 Å². The molecule has 2 rings (SSSR count). The lowest BCUT2D eigenvalue weighted by Crippen LogP contribution is -2.38. The van der Waals surface area contributed by atoms with Crippen molar-refractivity contribution in [2.45, 2.75) is 18.9 Å². The van der Waals surface area contributed by atoms with Gasteiger partial charge in [0.25, 0.3) is 0 Å². The summed E-state index contributed by atoms with van der Waals surface area (Å²) in [5, 5.41) is 1.39. The molecule has 0 spiro atoms. The van der Waals surface area contributed by atoms with Crippen LogP contribution in [-0.2, 0) is 12.8 Å².